The molecule has 1 aliphatic rings. The summed E-state index contributed by atoms with van der Waals surface area (Å²) in [4.78, 5) is 12.2. The fourth-order valence-electron chi connectivity index (χ4n) is 3.15. The van der Waals surface area contributed by atoms with Gasteiger partial charge in [-0.1, -0.05) is 53.6 Å². The Morgan fingerprint density at radius 1 is 0.960 bits per heavy atom. The molecule has 2 nitrogen and oxygen atoms in total. The molecule has 2 aromatic rings. The van der Waals surface area contributed by atoms with Crippen LogP contribution in [0, 0.1) is 12.8 Å². The van der Waals surface area contributed by atoms with Gasteiger partial charge >= 0.3 is 5.97 Å². The van der Waals surface area contributed by atoms with Crippen LogP contribution in [0.1, 0.15) is 42.9 Å². The van der Waals surface area contributed by atoms with Gasteiger partial charge in [-0.05, 0) is 69.2 Å². The largest absolute Gasteiger partial charge is 0.426 e. The summed E-state index contributed by atoms with van der Waals surface area (Å²) in [6.45, 7) is 4.23. The summed E-state index contributed by atoms with van der Waals surface area (Å²) >= 11 is 0. The van der Waals surface area contributed by atoms with Gasteiger partial charge in [-0.25, -0.2) is 0 Å². The van der Waals surface area contributed by atoms with E-state index in [4.69, 9.17) is 4.74 Å². The molecule has 0 N–H and O–H groups in total. The van der Waals surface area contributed by atoms with Gasteiger partial charge < -0.3 is 4.74 Å². The molecule has 0 saturated carbocycles. The maximum atomic E-state index is 12.2. The van der Waals surface area contributed by atoms with Crippen molar-refractivity contribution in [2.45, 2.75) is 46.0 Å². The van der Waals surface area contributed by atoms with Crippen LogP contribution in [0.25, 0.3) is 0 Å². The Morgan fingerprint density at radius 3 is 2.12 bits per heavy atom. The standard InChI is InChI=1S/C23H26O2/c1-17-3-7-19(8-4-17)9-10-20-11-15-22(16-12-20)25-23(24)21-13-5-18(2)6-14-21/h3-5,7-8,11-12,15-16,21H,6,9-10,13-14H2,1-2H3. The first-order chi connectivity index (χ1) is 12.1. The third-order valence-corrected chi connectivity index (χ3v) is 4.94. The predicted molar refractivity (Wildman–Crippen MR) is 102 cm³/mol. The molecule has 0 heterocycles. The minimum Gasteiger partial charge on any atom is -0.426 e. The van der Waals surface area contributed by atoms with E-state index in [9.17, 15) is 4.79 Å². The Labute approximate surface area is 150 Å². The van der Waals surface area contributed by atoms with Crippen LogP contribution in [0.4, 0.5) is 0 Å². The third-order valence-electron chi connectivity index (χ3n) is 4.94. The zero-order valence-corrected chi connectivity index (χ0v) is 15.1. The van der Waals surface area contributed by atoms with Crippen LogP contribution >= 0.6 is 0 Å². The van der Waals surface area contributed by atoms with Crippen molar-refractivity contribution in [1.82, 2.24) is 0 Å². The smallest absolute Gasteiger partial charge is 0.314 e. The van der Waals surface area contributed by atoms with E-state index in [1.54, 1.807) is 0 Å². The van der Waals surface area contributed by atoms with Crippen molar-refractivity contribution in [1.29, 1.82) is 0 Å². The van der Waals surface area contributed by atoms with Crippen LogP contribution < -0.4 is 4.74 Å². The molecule has 0 bridgehead atoms. The van der Waals surface area contributed by atoms with Crippen molar-refractivity contribution in [2.24, 2.45) is 5.92 Å². The molecule has 130 valence electrons. The van der Waals surface area contributed by atoms with Gasteiger partial charge in [-0.2, -0.15) is 0 Å². The van der Waals surface area contributed by atoms with Crippen LogP contribution in [-0.4, -0.2) is 5.97 Å². The van der Waals surface area contributed by atoms with E-state index in [0.717, 1.165) is 32.1 Å². The molecule has 0 spiro atoms. The number of carbonyl (C=O) groups is 1. The fourth-order valence-corrected chi connectivity index (χ4v) is 3.15. The lowest BCUT2D eigenvalue weighted by Crippen LogP contribution is -2.22. The minimum atomic E-state index is -0.101. The molecule has 0 aromatic heterocycles. The first-order valence-electron chi connectivity index (χ1n) is 9.12. The first kappa shape index (κ1) is 17.5. The quantitative estimate of drug-likeness (QED) is 0.414. The summed E-state index contributed by atoms with van der Waals surface area (Å²) < 4.78 is 5.55. The zero-order valence-electron chi connectivity index (χ0n) is 15.1. The van der Waals surface area contributed by atoms with Crippen LogP contribution in [-0.2, 0) is 17.6 Å². The highest BCUT2D eigenvalue weighted by atomic mass is 16.5. The summed E-state index contributed by atoms with van der Waals surface area (Å²) in [5.74, 6) is 0.552. The summed E-state index contributed by atoms with van der Waals surface area (Å²) in [6, 6.07) is 16.6. The van der Waals surface area contributed by atoms with Gasteiger partial charge in [-0.15, -0.1) is 0 Å². The highest BCUT2D eigenvalue weighted by Gasteiger charge is 2.22. The number of allylic oxidation sites excluding steroid dienone is 2. The molecule has 1 atom stereocenters. The molecule has 25 heavy (non-hydrogen) atoms. The summed E-state index contributed by atoms with van der Waals surface area (Å²) in [5.41, 5.74) is 5.28. The summed E-state index contributed by atoms with van der Waals surface area (Å²) in [7, 11) is 0. The number of hydrogen-bond acceptors (Lipinski definition) is 2. The van der Waals surface area contributed by atoms with Gasteiger partial charge in [0.05, 0.1) is 5.92 Å². The second-order valence-corrected chi connectivity index (χ2v) is 7.07. The van der Waals surface area contributed by atoms with E-state index in [-0.39, 0.29) is 11.9 Å². The summed E-state index contributed by atoms with van der Waals surface area (Å²) in [6.07, 6.45) is 6.87. The van der Waals surface area contributed by atoms with E-state index >= 15 is 0 Å². The first-order valence-corrected chi connectivity index (χ1v) is 9.12. The van der Waals surface area contributed by atoms with Crippen molar-refractivity contribution in [2.75, 3.05) is 0 Å². The number of carbonyl (C=O) groups excluding carboxylic acids is 1. The second kappa shape index (κ2) is 8.15. The minimum absolute atomic E-state index is 0.00455. The molecule has 0 fully saturated rings. The van der Waals surface area contributed by atoms with Gasteiger partial charge in [0.2, 0.25) is 0 Å². The fraction of sp³-hybridized carbons (Fsp3) is 0.348. The van der Waals surface area contributed by atoms with E-state index in [2.05, 4.69) is 56.3 Å². The number of benzene rings is 2. The maximum absolute atomic E-state index is 12.2. The Bertz CT molecular complexity index is 739. The number of hydrogen-bond donors (Lipinski definition) is 0. The van der Waals surface area contributed by atoms with E-state index in [1.807, 2.05) is 12.1 Å². The molecule has 1 aliphatic carbocycles. The number of aryl methyl sites for hydroxylation is 3. The molecule has 2 heteroatoms. The van der Waals surface area contributed by atoms with E-state index in [1.165, 1.54) is 22.3 Å². The van der Waals surface area contributed by atoms with Gasteiger partial charge in [0.25, 0.3) is 0 Å². The van der Waals surface area contributed by atoms with Crippen molar-refractivity contribution < 1.29 is 9.53 Å². The predicted octanol–water partition coefficient (Wildman–Crippen LogP) is 5.43. The van der Waals surface area contributed by atoms with Crippen molar-refractivity contribution in [3.63, 3.8) is 0 Å². The normalized spacial score (nSPS) is 17.0. The SMILES string of the molecule is CC1=CCC(C(=O)Oc2ccc(CCc3ccc(C)cc3)cc2)CC1. The lowest BCUT2D eigenvalue weighted by atomic mass is 9.90. The molecular formula is C23H26O2. The van der Waals surface area contributed by atoms with Gasteiger partial charge in [-0.3, -0.25) is 4.79 Å². The second-order valence-electron chi connectivity index (χ2n) is 7.07. The average molecular weight is 334 g/mol. The molecule has 1 unspecified atom stereocenters. The van der Waals surface area contributed by atoms with Crippen LogP contribution in [0.15, 0.2) is 60.2 Å². The highest BCUT2D eigenvalue weighted by molar-refractivity contribution is 5.75. The molecular weight excluding hydrogens is 308 g/mol. The van der Waals surface area contributed by atoms with Crippen molar-refractivity contribution in [3.8, 4) is 5.75 Å². The zero-order chi connectivity index (χ0) is 17.6. The van der Waals surface area contributed by atoms with Gasteiger partial charge in [0.1, 0.15) is 5.75 Å². The molecule has 0 radical (unpaired) electrons. The Balaban J connectivity index is 1.51. The van der Waals surface area contributed by atoms with E-state index in [0.29, 0.717) is 5.75 Å². The molecule has 2 aromatic carbocycles. The number of ether oxygens (including phenoxy) is 1. The summed E-state index contributed by atoms with van der Waals surface area (Å²) in [5, 5.41) is 0. The van der Waals surface area contributed by atoms with Gasteiger partial charge in [0.15, 0.2) is 0 Å². The molecule has 0 amide bonds. The number of esters is 1. The van der Waals surface area contributed by atoms with Crippen LogP contribution in [0.3, 0.4) is 0 Å². The van der Waals surface area contributed by atoms with Crippen molar-refractivity contribution in [3.05, 3.63) is 76.9 Å². The Kier molecular flexibility index (Phi) is 5.70. The topological polar surface area (TPSA) is 26.3 Å². The maximum Gasteiger partial charge on any atom is 0.314 e. The third kappa shape index (κ3) is 5.06. The molecule has 0 aliphatic heterocycles. The van der Waals surface area contributed by atoms with E-state index < -0.39 is 0 Å². The molecule has 0 saturated heterocycles. The lowest BCUT2D eigenvalue weighted by molar-refractivity contribution is -0.139. The highest BCUT2D eigenvalue weighted by Crippen LogP contribution is 2.25. The van der Waals surface area contributed by atoms with Gasteiger partial charge in [0, 0.05) is 0 Å². The molecule has 3 rings (SSSR count). The van der Waals surface area contributed by atoms with Crippen LogP contribution in [0.5, 0.6) is 5.75 Å². The van der Waals surface area contributed by atoms with Crippen molar-refractivity contribution >= 4 is 5.97 Å². The number of rotatable bonds is 5. The van der Waals surface area contributed by atoms with Crippen LogP contribution in [0.2, 0.25) is 0 Å². The monoisotopic (exact) mass is 334 g/mol. The Morgan fingerprint density at radius 2 is 1.56 bits per heavy atom. The lowest BCUT2D eigenvalue weighted by Gasteiger charge is -2.18. The Hall–Kier alpha value is -2.35. The average Bonchev–Trinajstić information content (AvgIpc) is 2.63.